The standard InChI is InChI=1S/C12H11FN4OS/c1-7(18)9-3-2-4-10(13)11(9)19-12-14-15-16-17(12)8-5-6-8/h2-4,8H,5-6H2,1H3. The molecule has 1 aliphatic carbocycles. The lowest BCUT2D eigenvalue weighted by Gasteiger charge is -2.07. The van der Waals surface area contributed by atoms with Gasteiger partial charge >= 0.3 is 0 Å². The Balaban J connectivity index is 1.98. The molecule has 1 heterocycles. The Kier molecular flexibility index (Phi) is 3.06. The van der Waals surface area contributed by atoms with Gasteiger partial charge in [-0.15, -0.1) is 5.10 Å². The molecule has 0 N–H and O–H groups in total. The highest BCUT2D eigenvalue weighted by Gasteiger charge is 2.29. The molecular weight excluding hydrogens is 267 g/mol. The predicted octanol–water partition coefficient (Wildman–Crippen LogP) is 2.50. The van der Waals surface area contributed by atoms with Crippen molar-refractivity contribution in [1.82, 2.24) is 20.2 Å². The molecule has 0 atom stereocenters. The molecule has 0 saturated heterocycles. The van der Waals surface area contributed by atoms with Crippen LogP contribution in [0.1, 0.15) is 36.2 Å². The molecule has 0 unspecified atom stereocenters. The number of rotatable bonds is 4. The topological polar surface area (TPSA) is 60.7 Å². The third-order valence-electron chi connectivity index (χ3n) is 2.89. The van der Waals surface area contributed by atoms with Crippen LogP contribution in [-0.4, -0.2) is 26.0 Å². The normalized spacial score (nSPS) is 14.6. The van der Waals surface area contributed by atoms with E-state index in [4.69, 9.17) is 0 Å². The highest BCUT2D eigenvalue weighted by Crippen LogP contribution is 2.39. The molecule has 0 amide bonds. The maximum Gasteiger partial charge on any atom is 0.214 e. The van der Waals surface area contributed by atoms with E-state index in [0.29, 0.717) is 16.8 Å². The largest absolute Gasteiger partial charge is 0.294 e. The number of hydrogen-bond donors (Lipinski definition) is 0. The molecule has 98 valence electrons. The second-order valence-corrected chi connectivity index (χ2v) is 5.39. The monoisotopic (exact) mass is 278 g/mol. The lowest BCUT2D eigenvalue weighted by atomic mass is 10.1. The summed E-state index contributed by atoms with van der Waals surface area (Å²) >= 11 is 1.10. The second kappa shape index (κ2) is 4.73. The number of tetrazole rings is 1. The molecular formula is C12H11FN4OS. The number of benzene rings is 1. The van der Waals surface area contributed by atoms with Gasteiger partial charge in [0.05, 0.1) is 10.9 Å². The van der Waals surface area contributed by atoms with Crippen molar-refractivity contribution < 1.29 is 9.18 Å². The number of carbonyl (C=O) groups excluding carboxylic acids is 1. The van der Waals surface area contributed by atoms with Crippen LogP contribution in [0.4, 0.5) is 4.39 Å². The zero-order chi connectivity index (χ0) is 13.4. The Labute approximate surface area is 113 Å². The van der Waals surface area contributed by atoms with Gasteiger partial charge in [-0.3, -0.25) is 4.79 Å². The molecule has 5 nitrogen and oxygen atoms in total. The van der Waals surface area contributed by atoms with Crippen molar-refractivity contribution >= 4 is 17.5 Å². The highest BCUT2D eigenvalue weighted by atomic mass is 32.2. The molecule has 0 spiro atoms. The summed E-state index contributed by atoms with van der Waals surface area (Å²) in [6.45, 7) is 1.42. The van der Waals surface area contributed by atoms with E-state index in [1.54, 1.807) is 10.7 Å². The van der Waals surface area contributed by atoms with Crippen LogP contribution < -0.4 is 0 Å². The number of Topliss-reactive ketones (excluding diaryl/α,β-unsaturated/α-hetero) is 1. The van der Waals surface area contributed by atoms with E-state index in [9.17, 15) is 9.18 Å². The zero-order valence-corrected chi connectivity index (χ0v) is 11.0. The van der Waals surface area contributed by atoms with Gasteiger partial charge in [-0.05, 0) is 48.0 Å². The van der Waals surface area contributed by atoms with Crippen LogP contribution in [0.2, 0.25) is 0 Å². The molecule has 1 aliphatic rings. The van der Waals surface area contributed by atoms with Gasteiger partial charge in [-0.25, -0.2) is 9.07 Å². The summed E-state index contributed by atoms with van der Waals surface area (Å²) in [5, 5.41) is 11.9. The quantitative estimate of drug-likeness (QED) is 0.804. The summed E-state index contributed by atoms with van der Waals surface area (Å²) in [6.07, 6.45) is 2.07. The van der Waals surface area contributed by atoms with Crippen LogP contribution in [-0.2, 0) is 0 Å². The lowest BCUT2D eigenvalue weighted by Crippen LogP contribution is -2.01. The average Bonchev–Trinajstić information content (AvgIpc) is 3.12. The number of carbonyl (C=O) groups is 1. The van der Waals surface area contributed by atoms with Gasteiger partial charge in [-0.2, -0.15) is 0 Å². The second-order valence-electron chi connectivity index (χ2n) is 4.41. The summed E-state index contributed by atoms with van der Waals surface area (Å²) < 4.78 is 15.6. The first-order chi connectivity index (χ1) is 9.16. The number of hydrogen-bond acceptors (Lipinski definition) is 5. The number of nitrogens with zero attached hydrogens (tertiary/aromatic N) is 4. The fourth-order valence-electron chi connectivity index (χ4n) is 1.78. The first-order valence-electron chi connectivity index (χ1n) is 5.92. The smallest absolute Gasteiger partial charge is 0.214 e. The van der Waals surface area contributed by atoms with Gasteiger partial charge in [-0.1, -0.05) is 12.1 Å². The SMILES string of the molecule is CC(=O)c1cccc(F)c1Sc1nnnn1C1CC1. The Morgan fingerprint density at radius 3 is 2.95 bits per heavy atom. The van der Waals surface area contributed by atoms with Crippen molar-refractivity contribution in [3.8, 4) is 0 Å². The van der Waals surface area contributed by atoms with Gasteiger partial charge in [0.2, 0.25) is 5.16 Å². The fourth-order valence-corrected chi connectivity index (χ4v) is 2.81. The Bertz CT molecular complexity index is 638. The molecule has 1 saturated carbocycles. The van der Waals surface area contributed by atoms with E-state index in [0.717, 1.165) is 24.6 Å². The molecule has 1 fully saturated rings. The van der Waals surface area contributed by atoms with E-state index in [-0.39, 0.29) is 10.7 Å². The highest BCUT2D eigenvalue weighted by molar-refractivity contribution is 7.99. The lowest BCUT2D eigenvalue weighted by molar-refractivity contribution is 0.101. The molecule has 0 bridgehead atoms. The molecule has 19 heavy (non-hydrogen) atoms. The van der Waals surface area contributed by atoms with Crippen molar-refractivity contribution in [2.75, 3.05) is 0 Å². The van der Waals surface area contributed by atoms with Crippen LogP contribution in [0.5, 0.6) is 0 Å². The minimum Gasteiger partial charge on any atom is -0.294 e. The molecule has 7 heteroatoms. The number of halogens is 1. The van der Waals surface area contributed by atoms with Gasteiger partial charge in [0.15, 0.2) is 5.78 Å². The van der Waals surface area contributed by atoms with Crippen LogP contribution in [0.3, 0.4) is 0 Å². The third kappa shape index (κ3) is 2.37. The van der Waals surface area contributed by atoms with Crippen LogP contribution in [0, 0.1) is 5.82 Å². The Morgan fingerprint density at radius 2 is 2.26 bits per heavy atom. The Hall–Kier alpha value is -1.76. The third-order valence-corrected chi connectivity index (χ3v) is 3.97. The molecule has 3 rings (SSSR count). The summed E-state index contributed by atoms with van der Waals surface area (Å²) in [4.78, 5) is 11.8. The molecule has 1 aromatic heterocycles. The number of aromatic nitrogens is 4. The minimum absolute atomic E-state index is 0.174. The van der Waals surface area contributed by atoms with E-state index in [1.165, 1.54) is 19.1 Å². The first-order valence-corrected chi connectivity index (χ1v) is 6.73. The number of ketones is 1. The summed E-state index contributed by atoms with van der Waals surface area (Å²) in [7, 11) is 0. The van der Waals surface area contributed by atoms with Gasteiger partial charge < -0.3 is 0 Å². The van der Waals surface area contributed by atoms with Crippen LogP contribution in [0.15, 0.2) is 28.3 Å². The van der Waals surface area contributed by atoms with Crippen molar-refractivity contribution in [2.45, 2.75) is 35.9 Å². The van der Waals surface area contributed by atoms with E-state index < -0.39 is 5.82 Å². The maximum atomic E-state index is 13.9. The van der Waals surface area contributed by atoms with Gasteiger partial charge in [0, 0.05) is 5.56 Å². The molecule has 0 radical (unpaired) electrons. The van der Waals surface area contributed by atoms with Crippen molar-refractivity contribution in [1.29, 1.82) is 0 Å². The van der Waals surface area contributed by atoms with E-state index in [1.807, 2.05) is 0 Å². The average molecular weight is 278 g/mol. The maximum absolute atomic E-state index is 13.9. The summed E-state index contributed by atoms with van der Waals surface area (Å²) in [5.41, 5.74) is 0.357. The van der Waals surface area contributed by atoms with Crippen LogP contribution >= 0.6 is 11.8 Å². The van der Waals surface area contributed by atoms with Crippen LogP contribution in [0.25, 0.3) is 0 Å². The van der Waals surface area contributed by atoms with Crippen molar-refractivity contribution in [3.05, 3.63) is 29.6 Å². The first kappa shape index (κ1) is 12.3. The zero-order valence-electron chi connectivity index (χ0n) is 10.2. The van der Waals surface area contributed by atoms with Crippen molar-refractivity contribution in [3.63, 3.8) is 0 Å². The van der Waals surface area contributed by atoms with Gasteiger partial charge in [0.25, 0.3) is 0 Å². The summed E-state index contributed by atoms with van der Waals surface area (Å²) in [5.74, 6) is -0.601. The fraction of sp³-hybridized carbons (Fsp3) is 0.333. The Morgan fingerprint density at radius 1 is 1.47 bits per heavy atom. The molecule has 0 aliphatic heterocycles. The minimum atomic E-state index is -0.428. The van der Waals surface area contributed by atoms with Crippen molar-refractivity contribution in [2.24, 2.45) is 0 Å². The van der Waals surface area contributed by atoms with E-state index in [2.05, 4.69) is 15.5 Å². The predicted molar refractivity (Wildman–Crippen MR) is 66.6 cm³/mol. The molecule has 1 aromatic carbocycles. The van der Waals surface area contributed by atoms with Gasteiger partial charge in [0.1, 0.15) is 5.82 Å². The van der Waals surface area contributed by atoms with E-state index >= 15 is 0 Å². The summed E-state index contributed by atoms with van der Waals surface area (Å²) in [6, 6.07) is 4.78. The molecule has 2 aromatic rings.